The molecule has 0 aliphatic heterocycles. The number of fused-ring (bicyclic) bond motifs is 3. The first kappa shape index (κ1) is 10.6. The van der Waals surface area contributed by atoms with Gasteiger partial charge in [-0.25, -0.2) is 4.79 Å². The van der Waals surface area contributed by atoms with Crippen molar-refractivity contribution in [3.05, 3.63) is 44.7 Å². The Labute approximate surface area is 104 Å². The molecule has 0 spiro atoms. The van der Waals surface area contributed by atoms with E-state index in [-0.39, 0.29) is 16.9 Å². The van der Waals surface area contributed by atoms with E-state index in [4.69, 9.17) is 21.4 Å². The molecule has 0 bridgehead atoms. The predicted octanol–water partition coefficient (Wildman–Crippen LogP) is 0.599. The maximum absolute atomic E-state index is 12.0. The molecule has 8 heteroatoms. The number of nitriles is 1. The Morgan fingerprint density at radius 3 is 3.06 bits per heavy atom. The van der Waals surface area contributed by atoms with Crippen LogP contribution in [0.3, 0.4) is 0 Å². The van der Waals surface area contributed by atoms with Crippen LogP contribution in [0.4, 0.5) is 0 Å². The number of nitrogens with zero attached hydrogens (tertiary/aromatic N) is 4. The van der Waals surface area contributed by atoms with Crippen LogP contribution in [-0.4, -0.2) is 9.56 Å². The molecule has 7 nitrogen and oxygen atoms in total. The molecule has 88 valence electrons. The van der Waals surface area contributed by atoms with Gasteiger partial charge in [-0.15, -0.1) is 9.56 Å². The number of benzene rings is 1. The van der Waals surface area contributed by atoms with E-state index in [1.165, 1.54) is 18.2 Å². The highest BCUT2D eigenvalue weighted by atomic mass is 35.5. The summed E-state index contributed by atoms with van der Waals surface area (Å²) in [6.45, 7) is 0. The minimum atomic E-state index is -0.881. The first-order valence-electron chi connectivity index (χ1n) is 4.77. The van der Waals surface area contributed by atoms with E-state index < -0.39 is 5.76 Å². The number of hydrogen-bond donors (Lipinski definition) is 0. The molecule has 3 aromatic rings. The Balaban J connectivity index is 2.70. The summed E-state index contributed by atoms with van der Waals surface area (Å²) in [7, 11) is 0. The van der Waals surface area contributed by atoms with Gasteiger partial charge < -0.3 is 9.73 Å². The highest BCUT2D eigenvalue weighted by Crippen LogP contribution is 2.18. The Morgan fingerprint density at radius 2 is 2.33 bits per heavy atom. The second-order valence-electron chi connectivity index (χ2n) is 3.47. The largest absolute Gasteiger partial charge is 0.617 e. The highest BCUT2D eigenvalue weighted by molar-refractivity contribution is 6.31. The normalized spacial score (nSPS) is 10.9. The number of hydrogen-bond acceptors (Lipinski definition) is 5. The fourth-order valence-electron chi connectivity index (χ4n) is 1.72. The lowest BCUT2D eigenvalue weighted by atomic mass is 10.3. The zero-order valence-electron chi connectivity index (χ0n) is 8.62. The standard InChI is InChI=1S/C10H3ClN4O3/c11-5-1-2-6-7(3-5)14(17)8(4-12)9-13-10(16)18-15(6)9/h1-3H. The fourth-order valence-corrected chi connectivity index (χ4v) is 1.89. The molecule has 0 unspecified atom stereocenters. The van der Waals surface area contributed by atoms with Crippen LogP contribution in [0.1, 0.15) is 5.69 Å². The van der Waals surface area contributed by atoms with E-state index in [1.807, 2.05) is 0 Å². The van der Waals surface area contributed by atoms with E-state index in [1.54, 1.807) is 6.07 Å². The van der Waals surface area contributed by atoms with Crippen molar-refractivity contribution in [3.63, 3.8) is 0 Å². The van der Waals surface area contributed by atoms with Crippen molar-refractivity contribution in [2.24, 2.45) is 0 Å². The lowest BCUT2D eigenvalue weighted by molar-refractivity contribution is -0.579. The smallest absolute Gasteiger partial charge is 0.460 e. The van der Waals surface area contributed by atoms with Crippen LogP contribution in [0.15, 0.2) is 27.5 Å². The quantitative estimate of drug-likeness (QED) is 0.436. The summed E-state index contributed by atoms with van der Waals surface area (Å²) in [5.74, 6) is -0.881. The van der Waals surface area contributed by atoms with Crippen molar-refractivity contribution in [1.82, 2.24) is 9.56 Å². The van der Waals surface area contributed by atoms with Gasteiger partial charge in [0.15, 0.2) is 11.6 Å². The van der Waals surface area contributed by atoms with Gasteiger partial charge in [0.2, 0.25) is 5.52 Å². The van der Waals surface area contributed by atoms with Crippen LogP contribution in [0.5, 0.6) is 0 Å². The topological polar surface area (TPSA) is 98.2 Å². The van der Waals surface area contributed by atoms with Crippen LogP contribution in [-0.2, 0) is 0 Å². The molecule has 0 amide bonds. The van der Waals surface area contributed by atoms with Crippen molar-refractivity contribution in [2.45, 2.75) is 0 Å². The van der Waals surface area contributed by atoms with Crippen LogP contribution in [0, 0.1) is 16.5 Å². The third kappa shape index (κ3) is 1.26. The lowest BCUT2D eigenvalue weighted by Gasteiger charge is -2.04. The third-order valence-corrected chi connectivity index (χ3v) is 2.69. The van der Waals surface area contributed by atoms with Gasteiger partial charge >= 0.3 is 11.4 Å². The van der Waals surface area contributed by atoms with Gasteiger partial charge in [-0.05, 0) is 12.1 Å². The molecule has 3 rings (SSSR count). The predicted molar refractivity (Wildman–Crippen MR) is 59.9 cm³/mol. The molecule has 0 saturated carbocycles. The first-order valence-corrected chi connectivity index (χ1v) is 5.14. The maximum atomic E-state index is 12.0. The molecule has 0 fully saturated rings. The van der Waals surface area contributed by atoms with E-state index in [0.29, 0.717) is 15.3 Å². The van der Waals surface area contributed by atoms with Crippen molar-refractivity contribution < 1.29 is 9.25 Å². The Hall–Kier alpha value is -2.59. The summed E-state index contributed by atoms with van der Waals surface area (Å²) in [6.07, 6.45) is 0. The molecule has 0 saturated heterocycles. The third-order valence-electron chi connectivity index (χ3n) is 2.45. The molecule has 0 N–H and O–H groups in total. The van der Waals surface area contributed by atoms with Crippen LogP contribution >= 0.6 is 11.6 Å². The monoisotopic (exact) mass is 262 g/mol. The average molecular weight is 263 g/mol. The van der Waals surface area contributed by atoms with E-state index in [9.17, 15) is 10.0 Å². The zero-order valence-corrected chi connectivity index (χ0v) is 9.38. The molecule has 1 aromatic carbocycles. The summed E-state index contributed by atoms with van der Waals surface area (Å²) in [4.78, 5) is 14.6. The summed E-state index contributed by atoms with van der Waals surface area (Å²) in [5.41, 5.74) is -0.0198. The maximum Gasteiger partial charge on any atom is 0.460 e. The van der Waals surface area contributed by atoms with Crippen molar-refractivity contribution in [2.75, 3.05) is 0 Å². The van der Waals surface area contributed by atoms with Gasteiger partial charge in [0.05, 0.1) is 0 Å². The van der Waals surface area contributed by atoms with Crippen LogP contribution < -0.4 is 10.5 Å². The fraction of sp³-hybridized carbons (Fsp3) is 0. The van der Waals surface area contributed by atoms with E-state index in [2.05, 4.69) is 4.98 Å². The van der Waals surface area contributed by atoms with Crippen molar-refractivity contribution in [1.29, 1.82) is 5.26 Å². The summed E-state index contributed by atoms with van der Waals surface area (Å²) in [5, 5.41) is 21.3. The first-order chi connectivity index (χ1) is 8.61. The Morgan fingerprint density at radius 1 is 1.56 bits per heavy atom. The van der Waals surface area contributed by atoms with E-state index >= 15 is 0 Å². The van der Waals surface area contributed by atoms with Gasteiger partial charge in [0, 0.05) is 11.1 Å². The van der Waals surface area contributed by atoms with Gasteiger partial charge in [0.1, 0.15) is 0 Å². The van der Waals surface area contributed by atoms with Gasteiger partial charge in [-0.3, -0.25) is 0 Å². The second-order valence-corrected chi connectivity index (χ2v) is 3.91. The minimum absolute atomic E-state index is 0.118. The summed E-state index contributed by atoms with van der Waals surface area (Å²) >= 11 is 5.79. The molecule has 2 aromatic heterocycles. The van der Waals surface area contributed by atoms with Gasteiger partial charge in [-0.2, -0.15) is 9.99 Å². The van der Waals surface area contributed by atoms with Crippen molar-refractivity contribution in [3.8, 4) is 6.07 Å². The molecule has 0 atom stereocenters. The zero-order chi connectivity index (χ0) is 12.9. The molecule has 0 aliphatic carbocycles. The second kappa shape index (κ2) is 3.45. The van der Waals surface area contributed by atoms with Gasteiger partial charge in [0.25, 0.3) is 5.65 Å². The Bertz CT molecular complexity index is 890. The summed E-state index contributed by atoms with van der Waals surface area (Å²) < 4.78 is 6.24. The van der Waals surface area contributed by atoms with E-state index in [0.717, 1.165) is 4.57 Å². The van der Waals surface area contributed by atoms with Crippen molar-refractivity contribution >= 4 is 28.3 Å². The molecular formula is C10H3ClN4O3. The number of aromatic nitrogens is 3. The molecular weight excluding hydrogens is 260 g/mol. The summed E-state index contributed by atoms with van der Waals surface area (Å²) in [6, 6.07) is 6.11. The molecule has 0 radical (unpaired) electrons. The Kier molecular flexibility index (Phi) is 2.02. The molecule has 0 aliphatic rings. The average Bonchev–Trinajstić information content (AvgIpc) is 2.71. The molecule has 2 heterocycles. The van der Waals surface area contributed by atoms with Gasteiger partial charge in [-0.1, -0.05) is 11.6 Å². The lowest BCUT2D eigenvalue weighted by Crippen LogP contribution is -2.33. The number of halogens is 1. The van der Waals surface area contributed by atoms with Crippen LogP contribution in [0.2, 0.25) is 5.02 Å². The minimum Gasteiger partial charge on any atom is -0.617 e. The number of rotatable bonds is 0. The highest BCUT2D eigenvalue weighted by Gasteiger charge is 2.22. The van der Waals surface area contributed by atoms with Crippen LogP contribution in [0.25, 0.3) is 16.7 Å². The SMILES string of the molecule is N#Cc1c2nc(=O)on2c2ccc(Cl)cc2[n+]1[O-]. The molecule has 18 heavy (non-hydrogen) atoms.